The molecule has 0 spiro atoms. The molecule has 0 aliphatic carbocycles. The third kappa shape index (κ3) is 5.13. The van der Waals surface area contributed by atoms with Gasteiger partial charge in [0.15, 0.2) is 0 Å². The zero-order chi connectivity index (χ0) is 17.6. The highest BCUT2D eigenvalue weighted by Gasteiger charge is 2.21. The van der Waals surface area contributed by atoms with Crippen molar-refractivity contribution in [3.05, 3.63) is 65.0 Å². The van der Waals surface area contributed by atoms with Gasteiger partial charge in [-0.3, -0.25) is 14.7 Å². The molecule has 0 saturated carbocycles. The second kappa shape index (κ2) is 8.26. The van der Waals surface area contributed by atoms with Crippen LogP contribution >= 0.6 is 0 Å². The summed E-state index contributed by atoms with van der Waals surface area (Å²) in [6, 6.07) is 15.0. The van der Waals surface area contributed by atoms with Gasteiger partial charge in [0.05, 0.1) is 0 Å². The first-order valence-electron chi connectivity index (χ1n) is 9.12. The Hall–Kier alpha value is -2.20. The predicted molar refractivity (Wildman–Crippen MR) is 100 cm³/mol. The Kier molecular flexibility index (Phi) is 5.82. The minimum atomic E-state index is -0.267. The van der Waals surface area contributed by atoms with Gasteiger partial charge in [-0.25, -0.2) is 0 Å². The highest BCUT2D eigenvalue weighted by atomic mass is 16.1. The molecule has 1 fully saturated rings. The molecule has 1 aromatic carbocycles. The van der Waals surface area contributed by atoms with Crippen LogP contribution < -0.4 is 5.73 Å². The van der Waals surface area contributed by atoms with Gasteiger partial charge in [0.1, 0.15) is 0 Å². The second-order valence-corrected chi connectivity index (χ2v) is 7.06. The molecule has 4 heteroatoms. The fourth-order valence-corrected chi connectivity index (χ4v) is 3.45. The van der Waals surface area contributed by atoms with Crippen LogP contribution in [0.15, 0.2) is 42.5 Å². The second-order valence-electron chi connectivity index (χ2n) is 7.06. The molecule has 4 nitrogen and oxygen atoms in total. The quantitative estimate of drug-likeness (QED) is 0.881. The van der Waals surface area contributed by atoms with Crippen molar-refractivity contribution in [2.75, 3.05) is 13.1 Å². The highest BCUT2D eigenvalue weighted by Crippen LogP contribution is 2.27. The summed E-state index contributed by atoms with van der Waals surface area (Å²) in [7, 11) is 0. The number of carbonyl (C=O) groups excluding carboxylic acids is 1. The Morgan fingerprint density at radius 3 is 2.56 bits per heavy atom. The van der Waals surface area contributed by atoms with Crippen molar-refractivity contribution in [2.24, 2.45) is 5.73 Å². The first-order valence-corrected chi connectivity index (χ1v) is 9.12. The van der Waals surface area contributed by atoms with E-state index in [0.717, 1.165) is 43.9 Å². The predicted octanol–water partition coefficient (Wildman–Crippen LogP) is 3.19. The van der Waals surface area contributed by atoms with E-state index in [1.807, 2.05) is 6.07 Å². The number of hydrogen-bond donors (Lipinski definition) is 1. The number of aromatic nitrogens is 1. The number of carbonyl (C=O) groups is 1. The largest absolute Gasteiger partial charge is 0.370 e. The van der Waals surface area contributed by atoms with Crippen molar-refractivity contribution < 1.29 is 4.79 Å². The van der Waals surface area contributed by atoms with Gasteiger partial charge >= 0.3 is 0 Å². The lowest BCUT2D eigenvalue weighted by Gasteiger charge is -2.31. The molecule has 0 atom stereocenters. The average molecular weight is 337 g/mol. The van der Waals surface area contributed by atoms with E-state index in [1.165, 1.54) is 11.1 Å². The number of likely N-dealkylation sites (tertiary alicyclic amines) is 1. The third-order valence-electron chi connectivity index (χ3n) is 4.99. The molecular formula is C21H27N3O. The monoisotopic (exact) mass is 337 g/mol. The summed E-state index contributed by atoms with van der Waals surface area (Å²) in [5.74, 6) is 0.249. The minimum absolute atomic E-state index is 0.267. The van der Waals surface area contributed by atoms with Crippen LogP contribution in [0.1, 0.15) is 47.7 Å². The van der Waals surface area contributed by atoms with Crippen LogP contribution in [0.5, 0.6) is 0 Å². The fraction of sp³-hybridized carbons (Fsp3) is 0.429. The maximum atomic E-state index is 11.0. The maximum absolute atomic E-state index is 11.0. The Morgan fingerprint density at radius 2 is 1.88 bits per heavy atom. The van der Waals surface area contributed by atoms with E-state index >= 15 is 0 Å². The van der Waals surface area contributed by atoms with Crippen molar-refractivity contribution in [2.45, 2.75) is 45.1 Å². The van der Waals surface area contributed by atoms with Crippen LogP contribution in [-0.2, 0) is 17.8 Å². The van der Waals surface area contributed by atoms with Gasteiger partial charge < -0.3 is 5.73 Å². The molecule has 132 valence electrons. The third-order valence-corrected chi connectivity index (χ3v) is 4.99. The summed E-state index contributed by atoms with van der Waals surface area (Å²) >= 11 is 0. The van der Waals surface area contributed by atoms with E-state index in [4.69, 9.17) is 10.7 Å². The van der Waals surface area contributed by atoms with Gasteiger partial charge in [-0.1, -0.05) is 35.9 Å². The van der Waals surface area contributed by atoms with Crippen LogP contribution in [0.4, 0.5) is 0 Å². The zero-order valence-corrected chi connectivity index (χ0v) is 14.9. The standard InChI is InChI=1S/C21H27N3O/c1-16-5-7-17(8-6-16)15-24-13-11-18(12-14-24)20-4-2-3-19(23-20)9-10-21(22)25/h2-8,18H,9-15H2,1H3,(H2,22,25). The van der Waals surface area contributed by atoms with Gasteiger partial charge in [0.2, 0.25) is 5.91 Å². The van der Waals surface area contributed by atoms with Crippen molar-refractivity contribution in [1.29, 1.82) is 0 Å². The molecule has 1 aliphatic heterocycles. The average Bonchev–Trinajstić information content (AvgIpc) is 2.63. The molecule has 0 unspecified atom stereocenters. The molecule has 0 bridgehead atoms. The highest BCUT2D eigenvalue weighted by molar-refractivity contribution is 5.73. The van der Waals surface area contributed by atoms with Crippen LogP contribution in [0.2, 0.25) is 0 Å². The number of primary amides is 1. The summed E-state index contributed by atoms with van der Waals surface area (Å²) < 4.78 is 0. The molecule has 2 N–H and O–H groups in total. The van der Waals surface area contributed by atoms with Crippen LogP contribution in [0.25, 0.3) is 0 Å². The number of rotatable bonds is 6. The minimum Gasteiger partial charge on any atom is -0.370 e. The number of nitrogens with two attached hydrogens (primary N) is 1. The van der Waals surface area contributed by atoms with E-state index < -0.39 is 0 Å². The Bertz CT molecular complexity index is 703. The lowest BCUT2D eigenvalue weighted by atomic mass is 9.92. The molecule has 1 saturated heterocycles. The Balaban J connectivity index is 1.54. The molecule has 0 radical (unpaired) electrons. The van der Waals surface area contributed by atoms with Crippen LogP contribution in [-0.4, -0.2) is 28.9 Å². The first kappa shape index (κ1) is 17.6. The Morgan fingerprint density at radius 1 is 1.16 bits per heavy atom. The van der Waals surface area contributed by atoms with Crippen molar-refractivity contribution >= 4 is 5.91 Å². The molecule has 1 aliphatic rings. The van der Waals surface area contributed by atoms with Gasteiger partial charge in [-0.15, -0.1) is 0 Å². The molecule has 2 heterocycles. The van der Waals surface area contributed by atoms with Gasteiger partial charge in [0, 0.05) is 30.3 Å². The van der Waals surface area contributed by atoms with Gasteiger partial charge in [-0.05, 0) is 57.0 Å². The Labute approximate surface area is 150 Å². The lowest BCUT2D eigenvalue weighted by Crippen LogP contribution is -2.32. The SMILES string of the molecule is Cc1ccc(CN2CCC(c3cccc(CCC(N)=O)n3)CC2)cc1. The summed E-state index contributed by atoms with van der Waals surface area (Å²) in [5, 5.41) is 0. The van der Waals surface area contributed by atoms with E-state index in [2.05, 4.69) is 48.2 Å². The smallest absolute Gasteiger partial charge is 0.217 e. The fourth-order valence-electron chi connectivity index (χ4n) is 3.45. The summed E-state index contributed by atoms with van der Waals surface area (Å²) in [5.41, 5.74) is 10.1. The number of amides is 1. The van der Waals surface area contributed by atoms with Crippen LogP contribution in [0.3, 0.4) is 0 Å². The number of nitrogens with zero attached hydrogens (tertiary/aromatic N) is 2. The normalized spacial score (nSPS) is 16.0. The van der Waals surface area contributed by atoms with E-state index in [0.29, 0.717) is 18.8 Å². The number of piperidine rings is 1. The molecule has 1 aromatic heterocycles. The molecular weight excluding hydrogens is 310 g/mol. The molecule has 3 rings (SSSR count). The number of pyridine rings is 1. The zero-order valence-electron chi connectivity index (χ0n) is 14.9. The van der Waals surface area contributed by atoms with Gasteiger partial charge in [0.25, 0.3) is 0 Å². The number of benzene rings is 1. The van der Waals surface area contributed by atoms with Crippen molar-refractivity contribution in [3.8, 4) is 0 Å². The molecule has 25 heavy (non-hydrogen) atoms. The topological polar surface area (TPSA) is 59.2 Å². The van der Waals surface area contributed by atoms with E-state index in [9.17, 15) is 4.79 Å². The number of aryl methyl sites for hydroxylation is 2. The maximum Gasteiger partial charge on any atom is 0.217 e. The summed E-state index contributed by atoms with van der Waals surface area (Å²) in [4.78, 5) is 18.2. The lowest BCUT2D eigenvalue weighted by molar-refractivity contribution is -0.118. The van der Waals surface area contributed by atoms with Crippen LogP contribution in [0, 0.1) is 6.92 Å². The van der Waals surface area contributed by atoms with E-state index in [-0.39, 0.29) is 5.91 Å². The summed E-state index contributed by atoms with van der Waals surface area (Å²) in [6.45, 7) is 5.36. The molecule has 2 aromatic rings. The van der Waals surface area contributed by atoms with Crippen molar-refractivity contribution in [3.63, 3.8) is 0 Å². The first-order chi connectivity index (χ1) is 12.1. The van der Waals surface area contributed by atoms with E-state index in [1.54, 1.807) is 0 Å². The van der Waals surface area contributed by atoms with Gasteiger partial charge in [-0.2, -0.15) is 0 Å². The number of hydrogen-bond acceptors (Lipinski definition) is 3. The molecule has 1 amide bonds. The summed E-state index contributed by atoms with van der Waals surface area (Å²) in [6.07, 6.45) is 3.27. The van der Waals surface area contributed by atoms with Crippen molar-refractivity contribution in [1.82, 2.24) is 9.88 Å².